The fourth-order valence-electron chi connectivity index (χ4n) is 1.37. The summed E-state index contributed by atoms with van der Waals surface area (Å²) in [6, 6.07) is 0. The van der Waals surface area contributed by atoms with Crippen LogP contribution in [-0.4, -0.2) is 26.5 Å². The smallest absolute Gasteiger partial charge is 0.236 e. The molecule has 0 bridgehead atoms. The second-order valence-electron chi connectivity index (χ2n) is 6.66. The quantitative estimate of drug-likeness (QED) is 0.751. The highest BCUT2D eigenvalue weighted by molar-refractivity contribution is 7.89. The third-order valence-electron chi connectivity index (χ3n) is 1.92. The lowest BCUT2D eigenvalue weighted by Crippen LogP contribution is -2.42. The van der Waals surface area contributed by atoms with Crippen molar-refractivity contribution in [1.82, 2.24) is 4.72 Å². The Morgan fingerprint density at radius 1 is 1.06 bits per heavy atom. The molecule has 0 unspecified atom stereocenters. The van der Waals surface area contributed by atoms with Crippen LogP contribution < -0.4 is 4.72 Å². The van der Waals surface area contributed by atoms with Crippen molar-refractivity contribution < 1.29 is 13.2 Å². The summed E-state index contributed by atoms with van der Waals surface area (Å²) in [6.07, 6.45) is 1.91. The van der Waals surface area contributed by atoms with Gasteiger partial charge in [0, 0.05) is 12.1 Å². The monoisotopic (exact) mass is 265 g/mol. The highest BCUT2D eigenvalue weighted by Crippen LogP contribution is 2.20. The highest BCUT2D eigenvalue weighted by Gasteiger charge is 2.19. The molecule has 0 rings (SSSR count). The van der Waals surface area contributed by atoms with E-state index in [9.17, 15) is 8.42 Å². The van der Waals surface area contributed by atoms with Gasteiger partial charge in [0.05, 0.1) is 0 Å². The molecular formula is C12H27NO3S. The molecule has 0 aromatic rings. The van der Waals surface area contributed by atoms with Gasteiger partial charge in [-0.3, -0.25) is 0 Å². The Bertz CT molecular complexity index is 310. The van der Waals surface area contributed by atoms with E-state index in [0.717, 1.165) is 12.8 Å². The van der Waals surface area contributed by atoms with Crippen LogP contribution in [0.15, 0.2) is 0 Å². The minimum Gasteiger partial charge on any atom is -0.364 e. The van der Waals surface area contributed by atoms with Gasteiger partial charge in [0.15, 0.2) is 5.94 Å². The number of ether oxygens (including phenoxy) is 1. The largest absolute Gasteiger partial charge is 0.364 e. The van der Waals surface area contributed by atoms with E-state index in [1.54, 1.807) is 0 Å². The molecule has 0 spiro atoms. The van der Waals surface area contributed by atoms with Crippen LogP contribution in [0, 0.1) is 5.41 Å². The lowest BCUT2D eigenvalue weighted by molar-refractivity contribution is 0.159. The average Bonchev–Trinajstić information content (AvgIpc) is 1.95. The fourth-order valence-corrected chi connectivity index (χ4v) is 2.70. The lowest BCUT2D eigenvalue weighted by atomic mass is 9.91. The van der Waals surface area contributed by atoms with E-state index in [4.69, 9.17) is 4.74 Å². The van der Waals surface area contributed by atoms with Crippen molar-refractivity contribution in [2.24, 2.45) is 5.41 Å². The Morgan fingerprint density at radius 3 is 2.00 bits per heavy atom. The second-order valence-corrected chi connectivity index (χ2v) is 8.33. The van der Waals surface area contributed by atoms with E-state index in [-0.39, 0.29) is 11.4 Å². The molecule has 0 saturated heterocycles. The van der Waals surface area contributed by atoms with Crippen LogP contribution in [-0.2, 0) is 14.8 Å². The third-order valence-corrected chi connectivity index (χ3v) is 3.32. The van der Waals surface area contributed by atoms with Gasteiger partial charge in [-0.15, -0.1) is 0 Å². The maximum atomic E-state index is 11.6. The van der Waals surface area contributed by atoms with E-state index < -0.39 is 15.6 Å². The SMILES string of the molecule is CC(C)(C)CCCOCS(=O)(=O)NC(C)(C)C. The van der Waals surface area contributed by atoms with Gasteiger partial charge < -0.3 is 4.74 Å². The number of hydrogen-bond donors (Lipinski definition) is 1. The molecule has 17 heavy (non-hydrogen) atoms. The molecule has 0 atom stereocenters. The van der Waals surface area contributed by atoms with Crippen molar-refractivity contribution in [3.8, 4) is 0 Å². The molecule has 0 aromatic carbocycles. The summed E-state index contributed by atoms with van der Waals surface area (Å²) in [6.45, 7) is 12.4. The molecule has 0 aliphatic carbocycles. The fraction of sp³-hybridized carbons (Fsp3) is 1.00. The summed E-state index contributed by atoms with van der Waals surface area (Å²) in [4.78, 5) is 0. The van der Waals surface area contributed by atoms with Crippen molar-refractivity contribution in [3.63, 3.8) is 0 Å². The molecule has 5 heteroatoms. The average molecular weight is 265 g/mol. The van der Waals surface area contributed by atoms with Gasteiger partial charge in [0.1, 0.15) is 0 Å². The van der Waals surface area contributed by atoms with E-state index in [0.29, 0.717) is 6.61 Å². The summed E-state index contributed by atoms with van der Waals surface area (Å²) in [5, 5.41) is 0. The van der Waals surface area contributed by atoms with Crippen molar-refractivity contribution >= 4 is 10.0 Å². The first-order chi connectivity index (χ1) is 7.41. The molecule has 0 heterocycles. The summed E-state index contributed by atoms with van der Waals surface area (Å²) in [7, 11) is -3.33. The molecule has 0 amide bonds. The summed E-state index contributed by atoms with van der Waals surface area (Å²) in [5.74, 6) is -0.256. The van der Waals surface area contributed by atoms with Crippen LogP contribution >= 0.6 is 0 Å². The molecule has 4 nitrogen and oxygen atoms in total. The predicted octanol–water partition coefficient (Wildman–Crippen LogP) is 2.50. The third kappa shape index (κ3) is 12.1. The van der Waals surface area contributed by atoms with Gasteiger partial charge >= 0.3 is 0 Å². The first kappa shape index (κ1) is 16.9. The Morgan fingerprint density at radius 2 is 1.59 bits per heavy atom. The molecule has 0 aliphatic heterocycles. The van der Waals surface area contributed by atoms with Gasteiger partial charge in [-0.05, 0) is 39.0 Å². The zero-order chi connectivity index (χ0) is 13.7. The standard InChI is InChI=1S/C12H27NO3S/c1-11(2,3)8-7-9-16-10-17(14,15)13-12(4,5)6/h13H,7-10H2,1-6H3. The van der Waals surface area contributed by atoms with E-state index in [1.165, 1.54) is 0 Å². The summed E-state index contributed by atoms with van der Waals surface area (Å²) < 4.78 is 30.9. The summed E-state index contributed by atoms with van der Waals surface area (Å²) in [5.41, 5.74) is -0.181. The van der Waals surface area contributed by atoms with Gasteiger partial charge in [-0.25, -0.2) is 13.1 Å². The Kier molecular flexibility index (Phi) is 6.11. The number of sulfonamides is 1. The first-order valence-corrected chi connectivity index (χ1v) is 7.66. The van der Waals surface area contributed by atoms with E-state index >= 15 is 0 Å². The molecule has 104 valence electrons. The van der Waals surface area contributed by atoms with Gasteiger partial charge in [-0.2, -0.15) is 0 Å². The molecular weight excluding hydrogens is 238 g/mol. The van der Waals surface area contributed by atoms with Crippen LogP contribution in [0.5, 0.6) is 0 Å². The number of hydrogen-bond acceptors (Lipinski definition) is 3. The van der Waals surface area contributed by atoms with Crippen LogP contribution in [0.4, 0.5) is 0 Å². The lowest BCUT2D eigenvalue weighted by Gasteiger charge is -2.20. The van der Waals surface area contributed by atoms with Crippen LogP contribution in [0.25, 0.3) is 0 Å². The van der Waals surface area contributed by atoms with Crippen molar-refractivity contribution in [3.05, 3.63) is 0 Å². The number of rotatable bonds is 6. The minimum absolute atomic E-state index is 0.256. The van der Waals surface area contributed by atoms with E-state index in [2.05, 4.69) is 25.5 Å². The number of nitrogens with one attached hydrogen (secondary N) is 1. The van der Waals surface area contributed by atoms with Gasteiger partial charge in [0.2, 0.25) is 10.0 Å². The highest BCUT2D eigenvalue weighted by atomic mass is 32.2. The summed E-state index contributed by atoms with van der Waals surface area (Å²) >= 11 is 0. The molecule has 0 saturated carbocycles. The normalized spacial score (nSPS) is 14.0. The van der Waals surface area contributed by atoms with Gasteiger partial charge in [0.25, 0.3) is 0 Å². The maximum Gasteiger partial charge on any atom is 0.236 e. The zero-order valence-corrected chi connectivity index (χ0v) is 12.8. The molecule has 0 fully saturated rings. The Balaban J connectivity index is 3.82. The van der Waals surface area contributed by atoms with Crippen LogP contribution in [0.3, 0.4) is 0 Å². The molecule has 0 aromatic heterocycles. The second kappa shape index (κ2) is 6.16. The van der Waals surface area contributed by atoms with Crippen LogP contribution in [0.1, 0.15) is 54.4 Å². The molecule has 0 aliphatic rings. The maximum absolute atomic E-state index is 11.6. The van der Waals surface area contributed by atoms with Gasteiger partial charge in [-0.1, -0.05) is 20.8 Å². The van der Waals surface area contributed by atoms with E-state index in [1.807, 2.05) is 20.8 Å². The topological polar surface area (TPSA) is 55.4 Å². The van der Waals surface area contributed by atoms with Crippen molar-refractivity contribution in [2.75, 3.05) is 12.5 Å². The predicted molar refractivity (Wildman–Crippen MR) is 71.3 cm³/mol. The first-order valence-electron chi connectivity index (χ1n) is 6.01. The molecule has 1 N–H and O–H groups in total. The van der Waals surface area contributed by atoms with Crippen molar-refractivity contribution in [1.29, 1.82) is 0 Å². The molecule has 0 radical (unpaired) electrons. The Hall–Kier alpha value is -0.130. The van der Waals surface area contributed by atoms with Crippen LogP contribution in [0.2, 0.25) is 0 Å². The Labute approximate surface area is 106 Å². The van der Waals surface area contributed by atoms with Crippen molar-refractivity contribution in [2.45, 2.75) is 59.9 Å². The minimum atomic E-state index is -3.33. The zero-order valence-electron chi connectivity index (χ0n) is 12.0.